The summed E-state index contributed by atoms with van der Waals surface area (Å²) in [4.78, 5) is 6.02. The van der Waals surface area contributed by atoms with Crippen molar-refractivity contribution < 1.29 is 0 Å². The largest absolute Gasteiger partial charge is 0.253 e. The zero-order valence-corrected chi connectivity index (χ0v) is 11.8. The third-order valence-electron chi connectivity index (χ3n) is 3.30. The molecule has 0 bridgehead atoms. The van der Waals surface area contributed by atoms with Crippen LogP contribution in [0.15, 0.2) is 29.4 Å². The smallest absolute Gasteiger partial charge is 0.203 e. The first-order chi connectivity index (χ1) is 9.31. The first kappa shape index (κ1) is 12.4. The molecule has 0 amide bonds. The van der Waals surface area contributed by atoms with Crippen molar-refractivity contribution in [1.82, 2.24) is 4.98 Å². The number of fused-ring (bicyclic) bond motifs is 1. The number of anilines is 1. The molecular weight excluding hydrogens is 254 g/mol. The highest BCUT2D eigenvalue weighted by atomic mass is 32.1. The van der Waals surface area contributed by atoms with Gasteiger partial charge in [0, 0.05) is 4.88 Å². The van der Waals surface area contributed by atoms with Crippen molar-refractivity contribution in [1.29, 1.82) is 0 Å². The number of hydrogen-bond acceptors (Lipinski definition) is 4. The van der Waals surface area contributed by atoms with Crippen molar-refractivity contribution in [2.45, 2.75) is 32.6 Å². The minimum Gasteiger partial charge on any atom is -0.253 e. The lowest BCUT2D eigenvalue weighted by atomic mass is 10.0. The van der Waals surface area contributed by atoms with Gasteiger partial charge in [-0.05, 0) is 38.2 Å². The average Bonchev–Trinajstić information content (AvgIpc) is 2.83. The molecule has 1 heterocycles. The van der Waals surface area contributed by atoms with Crippen LogP contribution in [0.4, 0.5) is 5.13 Å². The molecule has 98 valence electrons. The van der Waals surface area contributed by atoms with Gasteiger partial charge in [0.1, 0.15) is 0 Å². The van der Waals surface area contributed by atoms with Gasteiger partial charge in [-0.15, -0.1) is 11.3 Å². The average molecular weight is 271 g/mol. The van der Waals surface area contributed by atoms with E-state index in [-0.39, 0.29) is 0 Å². The molecule has 2 aromatic rings. The predicted molar refractivity (Wildman–Crippen MR) is 81.2 cm³/mol. The highest BCUT2D eigenvalue weighted by Crippen LogP contribution is 2.29. The van der Waals surface area contributed by atoms with Gasteiger partial charge in [-0.1, -0.05) is 29.8 Å². The molecule has 0 spiro atoms. The van der Waals surface area contributed by atoms with Crippen LogP contribution in [0.2, 0.25) is 0 Å². The quantitative estimate of drug-likeness (QED) is 0.681. The zero-order chi connectivity index (χ0) is 13.1. The van der Waals surface area contributed by atoms with Gasteiger partial charge < -0.3 is 0 Å². The standard InChI is InChI=1S/C15H17N3S/c1-11-6-8-12(9-7-11)10-16-18-15-17-13-4-2-3-5-14(13)19-15/h6-10H,2-5H2,1H3,(H,17,18)/b16-10-. The molecule has 1 N–H and O–H groups in total. The number of hydrogen-bond donors (Lipinski definition) is 1. The topological polar surface area (TPSA) is 37.3 Å². The third-order valence-corrected chi connectivity index (χ3v) is 4.36. The Hall–Kier alpha value is -1.68. The lowest BCUT2D eigenvalue weighted by Crippen LogP contribution is -1.99. The molecule has 1 aromatic heterocycles. The summed E-state index contributed by atoms with van der Waals surface area (Å²) in [6.07, 6.45) is 6.69. The van der Waals surface area contributed by atoms with Crippen molar-refractivity contribution in [3.63, 3.8) is 0 Å². The van der Waals surface area contributed by atoms with E-state index in [9.17, 15) is 0 Å². The minimum atomic E-state index is 0.912. The molecule has 1 aromatic carbocycles. The number of nitrogens with zero attached hydrogens (tertiary/aromatic N) is 2. The first-order valence-electron chi connectivity index (χ1n) is 6.65. The van der Waals surface area contributed by atoms with Gasteiger partial charge in [0.2, 0.25) is 5.13 Å². The number of nitrogens with one attached hydrogen (secondary N) is 1. The van der Waals surface area contributed by atoms with E-state index >= 15 is 0 Å². The van der Waals surface area contributed by atoms with Crippen LogP contribution in [0.25, 0.3) is 0 Å². The van der Waals surface area contributed by atoms with E-state index in [1.165, 1.54) is 35.4 Å². The number of benzene rings is 1. The molecule has 0 unspecified atom stereocenters. The number of aryl methyl sites for hydroxylation is 3. The summed E-state index contributed by atoms with van der Waals surface area (Å²) in [6, 6.07) is 8.30. The molecular formula is C15H17N3S. The molecule has 0 aliphatic heterocycles. The molecule has 0 fully saturated rings. The molecule has 0 saturated heterocycles. The van der Waals surface area contributed by atoms with Crippen LogP contribution in [-0.2, 0) is 12.8 Å². The molecule has 0 saturated carbocycles. The molecule has 3 rings (SSSR count). The Kier molecular flexibility index (Phi) is 3.60. The fourth-order valence-electron chi connectivity index (χ4n) is 2.21. The van der Waals surface area contributed by atoms with Crippen molar-refractivity contribution in [3.05, 3.63) is 46.0 Å². The van der Waals surface area contributed by atoms with E-state index in [1.54, 1.807) is 11.3 Å². The Morgan fingerprint density at radius 1 is 1.21 bits per heavy atom. The Bertz CT molecular complexity index is 560. The molecule has 4 heteroatoms. The van der Waals surface area contributed by atoms with Gasteiger partial charge in [0.25, 0.3) is 0 Å². The summed E-state index contributed by atoms with van der Waals surface area (Å²) in [5.74, 6) is 0. The maximum atomic E-state index is 4.59. The predicted octanol–water partition coefficient (Wildman–Crippen LogP) is 3.78. The normalized spacial score (nSPS) is 14.6. The second kappa shape index (κ2) is 5.53. The Morgan fingerprint density at radius 3 is 2.79 bits per heavy atom. The minimum absolute atomic E-state index is 0.912. The van der Waals surface area contributed by atoms with Crippen LogP contribution in [-0.4, -0.2) is 11.2 Å². The fraction of sp³-hybridized carbons (Fsp3) is 0.333. The van der Waals surface area contributed by atoms with Gasteiger partial charge in [0.05, 0.1) is 11.9 Å². The van der Waals surface area contributed by atoms with Crippen LogP contribution >= 0.6 is 11.3 Å². The van der Waals surface area contributed by atoms with E-state index in [4.69, 9.17) is 0 Å². The van der Waals surface area contributed by atoms with Gasteiger partial charge in [-0.2, -0.15) is 5.10 Å². The van der Waals surface area contributed by atoms with E-state index in [1.807, 2.05) is 6.21 Å². The number of thiazole rings is 1. The van der Waals surface area contributed by atoms with Crippen LogP contribution in [0.1, 0.15) is 34.5 Å². The molecule has 1 aliphatic rings. The molecule has 3 nitrogen and oxygen atoms in total. The van der Waals surface area contributed by atoms with Crippen molar-refractivity contribution >= 4 is 22.7 Å². The first-order valence-corrected chi connectivity index (χ1v) is 7.47. The third kappa shape index (κ3) is 3.01. The second-order valence-electron chi connectivity index (χ2n) is 4.88. The highest BCUT2D eigenvalue weighted by molar-refractivity contribution is 7.15. The van der Waals surface area contributed by atoms with Crippen molar-refractivity contribution in [2.24, 2.45) is 5.10 Å². The lowest BCUT2D eigenvalue weighted by Gasteiger charge is -2.06. The monoisotopic (exact) mass is 271 g/mol. The summed E-state index contributed by atoms with van der Waals surface area (Å²) < 4.78 is 0. The van der Waals surface area contributed by atoms with Crippen LogP contribution in [0.5, 0.6) is 0 Å². The SMILES string of the molecule is Cc1ccc(/C=N\Nc2nc3c(s2)CCCC3)cc1. The van der Waals surface area contributed by atoms with E-state index in [0.717, 1.165) is 17.1 Å². The lowest BCUT2D eigenvalue weighted by molar-refractivity contribution is 0.682. The highest BCUT2D eigenvalue weighted by Gasteiger charge is 2.14. The van der Waals surface area contributed by atoms with Crippen molar-refractivity contribution in [3.8, 4) is 0 Å². The summed E-state index contributed by atoms with van der Waals surface area (Å²) in [6.45, 7) is 2.08. The Balaban J connectivity index is 1.65. The summed E-state index contributed by atoms with van der Waals surface area (Å²) >= 11 is 1.74. The fourth-order valence-corrected chi connectivity index (χ4v) is 3.21. The number of aromatic nitrogens is 1. The van der Waals surface area contributed by atoms with Gasteiger partial charge >= 0.3 is 0 Å². The Morgan fingerprint density at radius 2 is 2.00 bits per heavy atom. The van der Waals surface area contributed by atoms with E-state index in [2.05, 4.69) is 46.7 Å². The van der Waals surface area contributed by atoms with Crippen molar-refractivity contribution in [2.75, 3.05) is 5.43 Å². The number of rotatable bonds is 3. The van der Waals surface area contributed by atoms with Crippen LogP contribution in [0, 0.1) is 6.92 Å². The van der Waals surface area contributed by atoms with Crippen LogP contribution in [0.3, 0.4) is 0 Å². The van der Waals surface area contributed by atoms with Crippen LogP contribution < -0.4 is 5.43 Å². The zero-order valence-electron chi connectivity index (χ0n) is 11.0. The molecule has 1 aliphatic carbocycles. The van der Waals surface area contributed by atoms with Gasteiger partial charge in [0.15, 0.2) is 0 Å². The maximum absolute atomic E-state index is 4.59. The number of hydrazone groups is 1. The Labute approximate surface area is 117 Å². The summed E-state index contributed by atoms with van der Waals surface area (Å²) in [5, 5.41) is 5.17. The van der Waals surface area contributed by atoms with Gasteiger partial charge in [-0.3, -0.25) is 5.43 Å². The summed E-state index contributed by atoms with van der Waals surface area (Å²) in [7, 11) is 0. The molecule has 0 atom stereocenters. The molecule has 19 heavy (non-hydrogen) atoms. The molecule has 0 radical (unpaired) electrons. The van der Waals surface area contributed by atoms with E-state index < -0.39 is 0 Å². The summed E-state index contributed by atoms with van der Waals surface area (Å²) in [5.41, 5.74) is 6.67. The van der Waals surface area contributed by atoms with Gasteiger partial charge in [-0.25, -0.2) is 4.98 Å². The van der Waals surface area contributed by atoms with E-state index in [0.29, 0.717) is 0 Å². The maximum Gasteiger partial charge on any atom is 0.203 e. The second-order valence-corrected chi connectivity index (χ2v) is 5.96.